The number of fused-ring (bicyclic) bond motifs is 1. The van der Waals surface area contributed by atoms with Gasteiger partial charge in [-0.3, -0.25) is 14.9 Å². The molecule has 1 saturated heterocycles. The van der Waals surface area contributed by atoms with Crippen molar-refractivity contribution in [2.75, 3.05) is 36.0 Å². The van der Waals surface area contributed by atoms with Gasteiger partial charge in [-0.05, 0) is 31.0 Å². The van der Waals surface area contributed by atoms with Crippen LogP contribution in [0.1, 0.15) is 29.2 Å². The molecule has 2 aliphatic rings. The van der Waals surface area contributed by atoms with Crippen LogP contribution >= 0.6 is 0 Å². The molecule has 1 aliphatic carbocycles. The van der Waals surface area contributed by atoms with E-state index in [9.17, 15) is 24.8 Å². The zero-order valence-electron chi connectivity index (χ0n) is 19.9. The van der Waals surface area contributed by atoms with E-state index in [2.05, 4.69) is 10.2 Å². The van der Waals surface area contributed by atoms with Gasteiger partial charge in [0.15, 0.2) is 0 Å². The second kappa shape index (κ2) is 8.94. The number of nitro benzene ring substituents is 1. The Bertz CT molecular complexity index is 1650. The number of anilines is 2. The zero-order valence-corrected chi connectivity index (χ0v) is 19.9. The molecular formula is C25H21FN6O6. The number of aromatic carboxylic acids is 1. The monoisotopic (exact) mass is 520 g/mol. The molecule has 0 atom stereocenters. The molecule has 1 aliphatic heterocycles. The highest BCUT2D eigenvalue weighted by molar-refractivity contribution is 5.93. The fraction of sp³-hybridized carbons (Fsp3) is 0.280. The summed E-state index contributed by atoms with van der Waals surface area (Å²) < 4.78 is 22.8. The van der Waals surface area contributed by atoms with Crippen LogP contribution in [0.15, 0.2) is 51.8 Å². The topological polar surface area (TPSA) is 148 Å². The van der Waals surface area contributed by atoms with Crippen molar-refractivity contribution in [1.29, 1.82) is 0 Å². The quantitative estimate of drug-likeness (QED) is 0.296. The molecular weight excluding hydrogens is 499 g/mol. The second-order valence-electron chi connectivity index (χ2n) is 9.31. The molecule has 13 heteroatoms. The third-order valence-electron chi connectivity index (χ3n) is 6.88. The van der Waals surface area contributed by atoms with Crippen LogP contribution in [-0.4, -0.2) is 56.9 Å². The third kappa shape index (κ3) is 4.11. The lowest BCUT2D eigenvalue weighted by molar-refractivity contribution is -0.384. The molecule has 12 nitrogen and oxygen atoms in total. The van der Waals surface area contributed by atoms with Gasteiger partial charge in [-0.2, -0.15) is 0 Å². The molecule has 0 radical (unpaired) electrons. The van der Waals surface area contributed by atoms with Gasteiger partial charge in [0.05, 0.1) is 16.1 Å². The van der Waals surface area contributed by atoms with Gasteiger partial charge in [0, 0.05) is 61.5 Å². The van der Waals surface area contributed by atoms with Gasteiger partial charge in [0.1, 0.15) is 11.4 Å². The first-order valence-corrected chi connectivity index (χ1v) is 12.0. The van der Waals surface area contributed by atoms with Crippen LogP contribution in [0.2, 0.25) is 0 Å². The number of carbonyl (C=O) groups is 1. The molecule has 2 aromatic heterocycles. The van der Waals surface area contributed by atoms with Gasteiger partial charge in [0.25, 0.3) is 5.69 Å². The molecule has 1 N–H and O–H groups in total. The summed E-state index contributed by atoms with van der Waals surface area (Å²) in [6.45, 7) is 1.75. The minimum atomic E-state index is -1.33. The van der Waals surface area contributed by atoms with E-state index in [1.807, 2.05) is 9.80 Å². The predicted octanol–water partition coefficient (Wildman–Crippen LogP) is 3.46. The van der Waals surface area contributed by atoms with Gasteiger partial charge in [-0.15, -0.1) is 5.10 Å². The molecule has 2 fully saturated rings. The number of benzene rings is 2. The Hall–Kier alpha value is -4.81. The minimum absolute atomic E-state index is 0.0521. The van der Waals surface area contributed by atoms with Crippen molar-refractivity contribution in [2.24, 2.45) is 0 Å². The first kappa shape index (κ1) is 23.6. The normalized spacial score (nSPS) is 15.7. The molecule has 0 unspecified atom stereocenters. The SMILES string of the molecule is O=C(O)c1cn(C2CC2)c2cc(N3CCN(c4nnc(-c5cccc([N+](=O)[O-])c5)o4)CC3)c(F)cc2c1=O. The standard InChI is InChI=1S/C25H21FN6O6/c26-19-11-17-20(31(15-4-5-15)13-18(22(17)33)24(34)35)12-21(19)29-6-8-30(9-7-29)25-28-27-23(38-25)14-2-1-3-16(10-14)32(36)37/h1-3,10-13,15H,4-9H2,(H,34,35). The summed E-state index contributed by atoms with van der Waals surface area (Å²) in [6, 6.07) is 9.02. The Balaban J connectivity index is 1.24. The molecule has 1 saturated carbocycles. The Kier molecular flexibility index (Phi) is 5.55. The van der Waals surface area contributed by atoms with Gasteiger partial charge in [-0.25, -0.2) is 9.18 Å². The van der Waals surface area contributed by atoms with Crippen LogP contribution < -0.4 is 15.2 Å². The number of hydrogen-bond acceptors (Lipinski definition) is 9. The molecule has 194 valence electrons. The number of nitro groups is 1. The highest BCUT2D eigenvalue weighted by Crippen LogP contribution is 2.38. The van der Waals surface area contributed by atoms with Gasteiger partial charge in [-0.1, -0.05) is 11.2 Å². The van der Waals surface area contributed by atoms with Crippen molar-refractivity contribution < 1.29 is 23.6 Å². The first-order valence-electron chi connectivity index (χ1n) is 12.0. The summed E-state index contributed by atoms with van der Waals surface area (Å²) >= 11 is 0. The highest BCUT2D eigenvalue weighted by atomic mass is 19.1. The average Bonchev–Trinajstić information content (AvgIpc) is 3.64. The summed E-state index contributed by atoms with van der Waals surface area (Å²) in [6.07, 6.45) is 3.09. The first-order chi connectivity index (χ1) is 18.3. The molecule has 2 aromatic carbocycles. The van der Waals surface area contributed by atoms with E-state index < -0.39 is 22.1 Å². The number of halogens is 1. The van der Waals surface area contributed by atoms with Crippen molar-refractivity contribution in [2.45, 2.75) is 18.9 Å². The van der Waals surface area contributed by atoms with E-state index in [1.165, 1.54) is 18.3 Å². The highest BCUT2D eigenvalue weighted by Gasteiger charge is 2.29. The Morgan fingerprint density at radius 2 is 1.84 bits per heavy atom. The van der Waals surface area contributed by atoms with E-state index in [0.29, 0.717) is 42.9 Å². The second-order valence-corrected chi connectivity index (χ2v) is 9.31. The molecule has 0 amide bonds. The number of carboxylic acids is 1. The van der Waals surface area contributed by atoms with Gasteiger partial charge in [0.2, 0.25) is 11.3 Å². The van der Waals surface area contributed by atoms with Crippen LogP contribution in [0.5, 0.6) is 0 Å². The van der Waals surface area contributed by atoms with E-state index >= 15 is 4.39 Å². The lowest BCUT2D eigenvalue weighted by atomic mass is 10.1. The van der Waals surface area contributed by atoms with Crippen molar-refractivity contribution in [1.82, 2.24) is 14.8 Å². The maximum absolute atomic E-state index is 15.2. The van der Waals surface area contributed by atoms with Gasteiger partial charge < -0.3 is 23.9 Å². The largest absolute Gasteiger partial charge is 0.477 e. The van der Waals surface area contributed by atoms with Crippen molar-refractivity contribution in [3.05, 3.63) is 74.3 Å². The van der Waals surface area contributed by atoms with Crippen LogP contribution in [0.25, 0.3) is 22.4 Å². The number of carboxylic acid groups (broad SMARTS) is 1. The zero-order chi connectivity index (χ0) is 26.6. The third-order valence-corrected chi connectivity index (χ3v) is 6.88. The number of rotatable bonds is 6. The van der Waals surface area contributed by atoms with E-state index in [-0.39, 0.29) is 34.6 Å². The molecule has 0 bridgehead atoms. The maximum Gasteiger partial charge on any atom is 0.341 e. The number of piperazine rings is 1. The molecule has 38 heavy (non-hydrogen) atoms. The Morgan fingerprint density at radius 1 is 1.11 bits per heavy atom. The number of aromatic nitrogens is 3. The Morgan fingerprint density at radius 3 is 2.53 bits per heavy atom. The summed E-state index contributed by atoms with van der Waals surface area (Å²) in [7, 11) is 0. The van der Waals surface area contributed by atoms with Crippen LogP contribution in [-0.2, 0) is 0 Å². The fourth-order valence-electron chi connectivity index (χ4n) is 4.76. The van der Waals surface area contributed by atoms with Crippen LogP contribution in [0.4, 0.5) is 21.8 Å². The van der Waals surface area contributed by atoms with Crippen LogP contribution in [0.3, 0.4) is 0 Å². The smallest absolute Gasteiger partial charge is 0.341 e. The molecule has 6 rings (SSSR count). The van der Waals surface area contributed by atoms with E-state index in [1.54, 1.807) is 22.8 Å². The number of pyridine rings is 1. The van der Waals surface area contributed by atoms with E-state index in [0.717, 1.165) is 18.9 Å². The van der Waals surface area contributed by atoms with Crippen LogP contribution in [0, 0.1) is 15.9 Å². The van der Waals surface area contributed by atoms with E-state index in [4.69, 9.17) is 4.42 Å². The lowest BCUT2D eigenvalue weighted by Crippen LogP contribution is -2.47. The van der Waals surface area contributed by atoms with Crippen molar-refractivity contribution >= 4 is 34.3 Å². The molecule has 3 heterocycles. The lowest BCUT2D eigenvalue weighted by Gasteiger charge is -2.35. The molecule has 0 spiro atoms. The predicted molar refractivity (Wildman–Crippen MR) is 134 cm³/mol. The Labute approximate surface area is 213 Å². The minimum Gasteiger partial charge on any atom is -0.477 e. The average molecular weight is 520 g/mol. The summed E-state index contributed by atoms with van der Waals surface area (Å²) in [5, 5.41) is 28.6. The fourth-order valence-corrected chi connectivity index (χ4v) is 4.76. The number of non-ortho nitro benzene ring substituents is 1. The van der Waals surface area contributed by atoms with Crippen molar-refractivity contribution in [3.63, 3.8) is 0 Å². The number of hydrogen-bond donors (Lipinski definition) is 1. The maximum atomic E-state index is 15.2. The summed E-state index contributed by atoms with van der Waals surface area (Å²) in [4.78, 5) is 38.6. The van der Waals surface area contributed by atoms with Gasteiger partial charge >= 0.3 is 12.0 Å². The summed E-state index contributed by atoms with van der Waals surface area (Å²) in [5.74, 6) is -1.77. The summed E-state index contributed by atoms with van der Waals surface area (Å²) in [5.41, 5.74) is 0.128. The number of nitrogens with zero attached hydrogens (tertiary/aromatic N) is 6. The van der Waals surface area contributed by atoms with Crippen molar-refractivity contribution in [3.8, 4) is 11.5 Å². The molecule has 4 aromatic rings.